The highest BCUT2D eigenvalue weighted by Crippen LogP contribution is 2.34. The van der Waals surface area contributed by atoms with Crippen LogP contribution < -0.4 is 15.0 Å². The number of hydrogen-bond acceptors (Lipinski definition) is 6. The van der Waals surface area contributed by atoms with Gasteiger partial charge < -0.3 is 10.1 Å². The lowest BCUT2D eigenvalue weighted by molar-refractivity contribution is -0.274. The van der Waals surface area contributed by atoms with E-state index < -0.39 is 6.36 Å². The summed E-state index contributed by atoms with van der Waals surface area (Å²) in [5.74, 6) is 0.766. The summed E-state index contributed by atoms with van der Waals surface area (Å²) in [4.78, 5) is 23.7. The van der Waals surface area contributed by atoms with Gasteiger partial charge in [-0.25, -0.2) is 9.67 Å². The second kappa shape index (κ2) is 14.7. The predicted molar refractivity (Wildman–Crippen MR) is 190 cm³/mol. The number of nitrogens with zero attached hydrogens (tertiary/aromatic N) is 5. The van der Waals surface area contributed by atoms with Crippen LogP contribution in [0.1, 0.15) is 50.3 Å². The highest BCUT2D eigenvalue weighted by atomic mass is 32.2. The van der Waals surface area contributed by atoms with E-state index in [0.29, 0.717) is 27.5 Å². The number of ether oxygens (including phenoxy) is 1. The topological polar surface area (TPSA) is 84.6 Å². The van der Waals surface area contributed by atoms with Gasteiger partial charge in [-0.15, -0.1) is 18.3 Å². The molecule has 1 N–H and O–H groups in total. The predicted octanol–water partition coefficient (Wildman–Crippen LogP) is 8.31. The van der Waals surface area contributed by atoms with E-state index in [-0.39, 0.29) is 29.5 Å². The maximum atomic E-state index is 12.9. The van der Waals surface area contributed by atoms with Crippen molar-refractivity contribution in [2.45, 2.75) is 52.9 Å². The molecule has 1 aliphatic heterocycles. The zero-order valence-electron chi connectivity index (χ0n) is 27.0. The number of aliphatic imine (C=N–C) groups is 1. The number of aryl methyl sites for hydroxylation is 1. The third-order valence-corrected chi connectivity index (χ3v) is 8.85. The van der Waals surface area contributed by atoms with Crippen LogP contribution >= 0.6 is 24.0 Å². The van der Waals surface area contributed by atoms with E-state index >= 15 is 0 Å². The van der Waals surface area contributed by atoms with E-state index in [1.54, 1.807) is 4.90 Å². The van der Waals surface area contributed by atoms with Crippen molar-refractivity contribution in [3.63, 3.8) is 0 Å². The molecule has 0 aliphatic carbocycles. The summed E-state index contributed by atoms with van der Waals surface area (Å²) in [6.45, 7) is 10.3. The average molecular weight is 693 g/mol. The lowest BCUT2D eigenvalue weighted by Gasteiger charge is -2.23. The fourth-order valence-electron chi connectivity index (χ4n) is 4.99. The standard InChI is InChI=1S/C35H35F3N6O2S2/c1-21(2)29-16-9-22(3)17-30(29)44-31(45)19-48-34(44)41-33(47)40-24(5)23(4)10-11-25-7-6-8-26(18-25)32-39-20-43(42-32)27-12-14-28(15-13-27)46-35(36,37)38/h6-18,20-21,23-24H,19H2,1-5H3,(H,40,47)/b11-10+,41-34?. The molecule has 0 saturated carbocycles. The molecule has 1 fully saturated rings. The van der Waals surface area contributed by atoms with Gasteiger partial charge in [0.15, 0.2) is 16.1 Å². The van der Waals surface area contributed by atoms with Gasteiger partial charge in [0.25, 0.3) is 0 Å². The minimum Gasteiger partial charge on any atom is -0.406 e. The third-order valence-electron chi connectivity index (χ3n) is 7.72. The summed E-state index contributed by atoms with van der Waals surface area (Å²) < 4.78 is 42.9. The number of halogens is 3. The zero-order valence-corrected chi connectivity index (χ0v) is 28.7. The molecule has 2 unspecified atom stereocenters. The average Bonchev–Trinajstić information content (AvgIpc) is 3.66. The molecule has 13 heteroatoms. The van der Waals surface area contributed by atoms with E-state index in [4.69, 9.17) is 12.2 Å². The van der Waals surface area contributed by atoms with Crippen LogP contribution in [0.2, 0.25) is 0 Å². The molecule has 1 aliphatic rings. The Bertz CT molecular complexity index is 1850. The van der Waals surface area contributed by atoms with Crippen molar-refractivity contribution < 1.29 is 22.7 Å². The first-order valence-corrected chi connectivity index (χ1v) is 16.7. The maximum Gasteiger partial charge on any atom is 0.573 e. The number of anilines is 1. The van der Waals surface area contributed by atoms with Crippen molar-refractivity contribution in [3.05, 3.63) is 95.8 Å². The second-order valence-corrected chi connectivity index (χ2v) is 13.1. The molecule has 250 valence electrons. The summed E-state index contributed by atoms with van der Waals surface area (Å²) in [5, 5.41) is 8.68. The molecule has 0 radical (unpaired) electrons. The van der Waals surface area contributed by atoms with Crippen LogP contribution in [-0.2, 0) is 4.79 Å². The summed E-state index contributed by atoms with van der Waals surface area (Å²) >= 11 is 6.99. The summed E-state index contributed by atoms with van der Waals surface area (Å²) in [5.41, 5.74) is 5.26. The smallest absolute Gasteiger partial charge is 0.406 e. The monoisotopic (exact) mass is 692 g/mol. The van der Waals surface area contributed by atoms with Gasteiger partial charge in [-0.05, 0) is 91.0 Å². The highest BCUT2D eigenvalue weighted by molar-refractivity contribution is 8.15. The Morgan fingerprint density at radius 2 is 1.83 bits per heavy atom. The zero-order chi connectivity index (χ0) is 34.6. The van der Waals surface area contributed by atoms with Gasteiger partial charge in [-0.3, -0.25) is 9.69 Å². The van der Waals surface area contributed by atoms with Gasteiger partial charge in [0, 0.05) is 11.6 Å². The Kier molecular flexibility index (Phi) is 10.7. The molecular weight excluding hydrogens is 658 g/mol. The largest absolute Gasteiger partial charge is 0.573 e. The number of rotatable bonds is 9. The molecule has 48 heavy (non-hydrogen) atoms. The number of amides is 1. The van der Waals surface area contributed by atoms with Crippen LogP contribution in [-0.4, -0.2) is 49.1 Å². The quantitative estimate of drug-likeness (QED) is 0.177. The van der Waals surface area contributed by atoms with E-state index in [1.165, 1.54) is 47.0 Å². The number of thiocarbonyl (C=S) groups is 1. The highest BCUT2D eigenvalue weighted by Gasteiger charge is 2.32. The van der Waals surface area contributed by atoms with Gasteiger partial charge in [-0.2, -0.15) is 4.99 Å². The SMILES string of the molecule is Cc1ccc(C(C)C)c(N2C(=O)CSC2=NC(=S)NC(C)C(C)/C=C/c2cccc(-c3ncn(-c4ccc(OC(F)(F)F)cc4)n3)c2)c1. The molecule has 2 heterocycles. The molecule has 4 aromatic rings. The Balaban J connectivity index is 1.22. The molecule has 2 atom stereocenters. The van der Waals surface area contributed by atoms with E-state index in [0.717, 1.165) is 27.9 Å². The number of carbonyl (C=O) groups excluding carboxylic acids is 1. The van der Waals surface area contributed by atoms with Crippen LogP contribution in [0.3, 0.4) is 0 Å². The Morgan fingerprint density at radius 3 is 2.54 bits per heavy atom. The van der Waals surface area contributed by atoms with E-state index in [2.05, 4.69) is 64.1 Å². The van der Waals surface area contributed by atoms with Crippen LogP contribution in [0.5, 0.6) is 5.75 Å². The summed E-state index contributed by atoms with van der Waals surface area (Å²) in [7, 11) is 0. The van der Waals surface area contributed by atoms with E-state index in [9.17, 15) is 18.0 Å². The minimum atomic E-state index is -4.75. The Hall–Kier alpha value is -4.49. The van der Waals surface area contributed by atoms with Gasteiger partial charge in [-0.1, -0.05) is 75.0 Å². The fraction of sp³-hybridized carbons (Fsp3) is 0.286. The van der Waals surface area contributed by atoms with Gasteiger partial charge in [0.1, 0.15) is 12.1 Å². The number of amidine groups is 1. The van der Waals surface area contributed by atoms with Crippen LogP contribution in [0.15, 0.2) is 84.1 Å². The first-order chi connectivity index (χ1) is 22.8. The van der Waals surface area contributed by atoms with Crippen molar-refractivity contribution in [2.75, 3.05) is 10.7 Å². The van der Waals surface area contributed by atoms with Gasteiger partial charge in [0.05, 0.1) is 17.1 Å². The second-order valence-electron chi connectivity index (χ2n) is 11.8. The van der Waals surface area contributed by atoms with Gasteiger partial charge in [0.2, 0.25) is 5.91 Å². The van der Waals surface area contributed by atoms with Crippen LogP contribution in [0, 0.1) is 12.8 Å². The number of hydrogen-bond donors (Lipinski definition) is 1. The van der Waals surface area contributed by atoms with Crippen LogP contribution in [0.25, 0.3) is 23.2 Å². The number of alkyl halides is 3. The number of carbonyl (C=O) groups is 1. The fourth-order valence-corrected chi connectivity index (χ4v) is 6.19. The van der Waals surface area contributed by atoms with Crippen molar-refractivity contribution in [3.8, 4) is 22.8 Å². The van der Waals surface area contributed by atoms with Crippen molar-refractivity contribution in [1.29, 1.82) is 0 Å². The molecule has 3 aromatic carbocycles. The summed E-state index contributed by atoms with van der Waals surface area (Å²) in [6.07, 6.45) is 0.832. The number of aromatic nitrogens is 3. The Labute approximate surface area is 287 Å². The van der Waals surface area contributed by atoms with E-state index in [1.807, 2.05) is 50.3 Å². The first-order valence-electron chi connectivity index (χ1n) is 15.3. The number of thioether (sulfide) groups is 1. The first kappa shape index (κ1) is 34.8. The van der Waals surface area contributed by atoms with Gasteiger partial charge >= 0.3 is 6.36 Å². The van der Waals surface area contributed by atoms with Crippen molar-refractivity contribution >= 4 is 51.9 Å². The molecule has 5 rings (SSSR count). The van der Waals surface area contributed by atoms with Crippen molar-refractivity contribution in [2.24, 2.45) is 10.9 Å². The Morgan fingerprint density at radius 1 is 1.08 bits per heavy atom. The lowest BCUT2D eigenvalue weighted by Crippen LogP contribution is -2.36. The third kappa shape index (κ3) is 8.70. The number of nitrogens with one attached hydrogen (secondary N) is 1. The maximum absolute atomic E-state index is 12.9. The molecule has 1 aromatic heterocycles. The van der Waals surface area contributed by atoms with Crippen molar-refractivity contribution in [1.82, 2.24) is 20.1 Å². The lowest BCUT2D eigenvalue weighted by atomic mass is 9.99. The summed E-state index contributed by atoms with van der Waals surface area (Å²) in [6, 6.07) is 19.2. The molecule has 8 nitrogen and oxygen atoms in total. The molecular formula is C35H35F3N6O2S2. The normalized spacial score (nSPS) is 15.8. The molecule has 0 spiro atoms. The van der Waals surface area contributed by atoms with Crippen LogP contribution in [0.4, 0.5) is 18.9 Å². The number of benzene rings is 3. The molecule has 1 amide bonds. The molecule has 1 saturated heterocycles. The minimum absolute atomic E-state index is 0.0174. The molecule has 0 bridgehead atoms.